The van der Waals surface area contributed by atoms with Gasteiger partial charge >= 0.3 is 0 Å². The largest absolute Gasteiger partial charge is 0.309 e. The lowest BCUT2D eigenvalue weighted by molar-refractivity contribution is 0.282. The van der Waals surface area contributed by atoms with Crippen molar-refractivity contribution in [2.75, 3.05) is 26.2 Å². The zero-order chi connectivity index (χ0) is 14.1. The summed E-state index contributed by atoms with van der Waals surface area (Å²) in [7, 11) is 0. The fraction of sp³-hybridized carbons (Fsp3) is 0.625. The molecule has 0 saturated carbocycles. The molecule has 1 atom stereocenters. The minimum absolute atomic E-state index is 0.466. The Bertz CT molecular complexity index is 337. The van der Waals surface area contributed by atoms with Gasteiger partial charge in [0, 0.05) is 23.6 Å². The molecule has 1 aromatic carbocycles. The van der Waals surface area contributed by atoms with E-state index in [2.05, 4.69) is 71.2 Å². The molecule has 0 fully saturated rings. The maximum absolute atomic E-state index is 3.67. The number of hydrogen-bond donors (Lipinski definition) is 1. The number of rotatable bonds is 9. The standard InChI is InChI=1S/C16H27BrN2/c1-4-12-19(6-3)13-11-18-16(5-2)14-7-9-15(17)10-8-14/h7-10,16,18H,4-6,11-13H2,1-3H3. The molecule has 1 N–H and O–H groups in total. The van der Waals surface area contributed by atoms with E-state index in [-0.39, 0.29) is 0 Å². The zero-order valence-corrected chi connectivity index (χ0v) is 14.0. The van der Waals surface area contributed by atoms with Crippen LogP contribution < -0.4 is 5.32 Å². The SMILES string of the molecule is CCCN(CC)CCNC(CC)c1ccc(Br)cc1. The van der Waals surface area contributed by atoms with Crippen LogP contribution in [0.5, 0.6) is 0 Å². The van der Waals surface area contributed by atoms with Crippen molar-refractivity contribution < 1.29 is 0 Å². The summed E-state index contributed by atoms with van der Waals surface area (Å²) in [6, 6.07) is 9.11. The second-order valence-corrected chi connectivity index (χ2v) is 5.82. The van der Waals surface area contributed by atoms with Gasteiger partial charge in [-0.1, -0.05) is 48.8 Å². The summed E-state index contributed by atoms with van der Waals surface area (Å²) in [5, 5.41) is 3.67. The van der Waals surface area contributed by atoms with Crippen molar-refractivity contribution in [3.05, 3.63) is 34.3 Å². The fourth-order valence-electron chi connectivity index (χ4n) is 2.33. The highest BCUT2D eigenvalue weighted by molar-refractivity contribution is 9.10. The summed E-state index contributed by atoms with van der Waals surface area (Å²) in [4.78, 5) is 2.50. The van der Waals surface area contributed by atoms with Crippen LogP contribution in [0.25, 0.3) is 0 Å². The van der Waals surface area contributed by atoms with E-state index in [0.29, 0.717) is 6.04 Å². The minimum Gasteiger partial charge on any atom is -0.309 e. The van der Waals surface area contributed by atoms with Gasteiger partial charge in [-0.25, -0.2) is 0 Å². The second kappa shape index (κ2) is 9.51. The Morgan fingerprint density at radius 3 is 2.32 bits per heavy atom. The van der Waals surface area contributed by atoms with E-state index in [0.717, 1.165) is 30.5 Å². The highest BCUT2D eigenvalue weighted by Crippen LogP contribution is 2.19. The van der Waals surface area contributed by atoms with Crippen molar-refractivity contribution in [3.63, 3.8) is 0 Å². The molecule has 3 heteroatoms. The van der Waals surface area contributed by atoms with Crippen LogP contribution in [-0.2, 0) is 0 Å². The molecule has 1 unspecified atom stereocenters. The molecule has 0 heterocycles. The molecule has 0 bridgehead atoms. The van der Waals surface area contributed by atoms with Gasteiger partial charge in [0.05, 0.1) is 0 Å². The van der Waals surface area contributed by atoms with Gasteiger partial charge in [0.15, 0.2) is 0 Å². The second-order valence-electron chi connectivity index (χ2n) is 4.90. The van der Waals surface area contributed by atoms with E-state index in [4.69, 9.17) is 0 Å². The average molecular weight is 327 g/mol. The lowest BCUT2D eigenvalue weighted by Gasteiger charge is -2.23. The molecule has 0 aliphatic heterocycles. The van der Waals surface area contributed by atoms with Gasteiger partial charge in [0.2, 0.25) is 0 Å². The number of likely N-dealkylation sites (N-methyl/N-ethyl adjacent to an activating group) is 1. The normalized spacial score (nSPS) is 12.9. The van der Waals surface area contributed by atoms with Gasteiger partial charge in [-0.2, -0.15) is 0 Å². The predicted octanol–water partition coefficient (Wildman–Crippen LogP) is 4.22. The Kier molecular flexibility index (Phi) is 8.35. The van der Waals surface area contributed by atoms with E-state index in [1.54, 1.807) is 0 Å². The molecular formula is C16H27BrN2. The molecule has 19 heavy (non-hydrogen) atoms. The molecule has 0 aromatic heterocycles. The molecule has 0 amide bonds. The van der Waals surface area contributed by atoms with E-state index in [1.807, 2.05) is 0 Å². The minimum atomic E-state index is 0.466. The molecular weight excluding hydrogens is 300 g/mol. The first-order chi connectivity index (χ1) is 9.21. The lowest BCUT2D eigenvalue weighted by atomic mass is 10.0. The highest BCUT2D eigenvalue weighted by Gasteiger charge is 2.09. The molecule has 1 aromatic rings. The third-order valence-electron chi connectivity index (χ3n) is 3.49. The number of halogens is 1. The lowest BCUT2D eigenvalue weighted by Crippen LogP contribution is -2.34. The average Bonchev–Trinajstić information content (AvgIpc) is 2.43. The topological polar surface area (TPSA) is 15.3 Å². The molecule has 0 aliphatic carbocycles. The molecule has 1 rings (SSSR count). The summed E-state index contributed by atoms with van der Waals surface area (Å²) in [6.45, 7) is 11.3. The van der Waals surface area contributed by atoms with E-state index in [1.165, 1.54) is 18.5 Å². The maximum Gasteiger partial charge on any atom is 0.0318 e. The third kappa shape index (κ3) is 6.07. The van der Waals surface area contributed by atoms with Gasteiger partial charge in [-0.15, -0.1) is 0 Å². The predicted molar refractivity (Wildman–Crippen MR) is 87.6 cm³/mol. The Hall–Kier alpha value is -0.380. The van der Waals surface area contributed by atoms with Crippen LogP contribution in [0.1, 0.15) is 45.2 Å². The Morgan fingerprint density at radius 2 is 1.79 bits per heavy atom. The first-order valence-electron chi connectivity index (χ1n) is 7.42. The monoisotopic (exact) mass is 326 g/mol. The van der Waals surface area contributed by atoms with Crippen LogP contribution in [0.3, 0.4) is 0 Å². The highest BCUT2D eigenvalue weighted by atomic mass is 79.9. The van der Waals surface area contributed by atoms with Crippen molar-refractivity contribution in [2.45, 2.75) is 39.7 Å². The van der Waals surface area contributed by atoms with Gasteiger partial charge in [0.25, 0.3) is 0 Å². The van der Waals surface area contributed by atoms with E-state index >= 15 is 0 Å². The number of nitrogens with one attached hydrogen (secondary N) is 1. The van der Waals surface area contributed by atoms with Crippen molar-refractivity contribution in [3.8, 4) is 0 Å². The molecule has 108 valence electrons. The Morgan fingerprint density at radius 1 is 1.11 bits per heavy atom. The number of hydrogen-bond acceptors (Lipinski definition) is 2. The van der Waals surface area contributed by atoms with Crippen molar-refractivity contribution in [1.29, 1.82) is 0 Å². The molecule has 0 spiro atoms. The van der Waals surface area contributed by atoms with Crippen molar-refractivity contribution in [2.24, 2.45) is 0 Å². The number of benzene rings is 1. The van der Waals surface area contributed by atoms with Crippen LogP contribution in [0.15, 0.2) is 28.7 Å². The zero-order valence-electron chi connectivity index (χ0n) is 12.5. The summed E-state index contributed by atoms with van der Waals surface area (Å²) < 4.78 is 1.14. The van der Waals surface area contributed by atoms with Crippen LogP contribution >= 0.6 is 15.9 Å². The van der Waals surface area contributed by atoms with Crippen molar-refractivity contribution in [1.82, 2.24) is 10.2 Å². The molecule has 0 saturated heterocycles. The van der Waals surface area contributed by atoms with E-state index in [9.17, 15) is 0 Å². The third-order valence-corrected chi connectivity index (χ3v) is 4.02. The van der Waals surface area contributed by atoms with Crippen LogP contribution in [0.2, 0.25) is 0 Å². The first-order valence-corrected chi connectivity index (χ1v) is 8.21. The van der Waals surface area contributed by atoms with Gasteiger partial charge < -0.3 is 10.2 Å². The maximum atomic E-state index is 3.67. The summed E-state index contributed by atoms with van der Waals surface area (Å²) in [5.74, 6) is 0. The van der Waals surface area contributed by atoms with E-state index < -0.39 is 0 Å². The molecule has 2 nitrogen and oxygen atoms in total. The number of nitrogens with zero attached hydrogens (tertiary/aromatic N) is 1. The van der Waals surface area contributed by atoms with Crippen LogP contribution in [-0.4, -0.2) is 31.1 Å². The fourth-order valence-corrected chi connectivity index (χ4v) is 2.60. The Labute approximate surface area is 126 Å². The molecule has 0 radical (unpaired) electrons. The summed E-state index contributed by atoms with van der Waals surface area (Å²) >= 11 is 3.49. The molecule has 0 aliphatic rings. The van der Waals surface area contributed by atoms with Crippen LogP contribution in [0, 0.1) is 0 Å². The summed E-state index contributed by atoms with van der Waals surface area (Å²) in [6.07, 6.45) is 2.36. The van der Waals surface area contributed by atoms with Crippen molar-refractivity contribution >= 4 is 15.9 Å². The van der Waals surface area contributed by atoms with Crippen LogP contribution in [0.4, 0.5) is 0 Å². The van der Waals surface area contributed by atoms with Gasteiger partial charge in [0.1, 0.15) is 0 Å². The first kappa shape index (κ1) is 16.7. The quantitative estimate of drug-likeness (QED) is 0.730. The Balaban J connectivity index is 2.42. The summed E-state index contributed by atoms with van der Waals surface area (Å²) in [5.41, 5.74) is 1.38. The van der Waals surface area contributed by atoms with Gasteiger partial charge in [-0.3, -0.25) is 0 Å². The smallest absolute Gasteiger partial charge is 0.0318 e. The van der Waals surface area contributed by atoms with Gasteiger partial charge in [-0.05, 0) is 43.6 Å².